The summed E-state index contributed by atoms with van der Waals surface area (Å²) in [5.41, 5.74) is -0.931. The summed E-state index contributed by atoms with van der Waals surface area (Å²) in [5, 5.41) is 0. The highest BCUT2D eigenvalue weighted by Crippen LogP contribution is 2.19. The monoisotopic (exact) mass is 221 g/mol. The molecule has 0 fully saturated rings. The third-order valence-electron chi connectivity index (χ3n) is 1.80. The van der Waals surface area contributed by atoms with Crippen LogP contribution in [0.2, 0.25) is 0 Å². The molecule has 2 nitrogen and oxygen atoms in total. The van der Waals surface area contributed by atoms with Gasteiger partial charge in [0.25, 0.3) is 0 Å². The number of allylic oxidation sites excluding steroid dienone is 2. The smallest absolute Gasteiger partial charge is 0.295 e. The number of ketones is 1. The number of rotatable bonds is 4. The first-order chi connectivity index (χ1) is 6.82. The average molecular weight is 221 g/mol. The fourth-order valence-electron chi connectivity index (χ4n) is 0.983. The van der Waals surface area contributed by atoms with Gasteiger partial charge >= 0.3 is 6.18 Å². The van der Waals surface area contributed by atoms with Crippen molar-refractivity contribution in [3.63, 3.8) is 0 Å². The van der Waals surface area contributed by atoms with Crippen molar-refractivity contribution in [2.75, 3.05) is 7.05 Å². The van der Waals surface area contributed by atoms with Crippen LogP contribution in [0, 0.1) is 0 Å². The molecule has 0 amide bonds. The van der Waals surface area contributed by atoms with Gasteiger partial charge in [0, 0.05) is 13.5 Å². The Morgan fingerprint density at radius 3 is 2.27 bits per heavy atom. The SMILES string of the molecule is CCCC(=O)/C(C)=C/C(=NC)C(F)(F)F. The molecule has 5 heteroatoms. The fraction of sp³-hybridized carbons (Fsp3) is 0.600. The lowest BCUT2D eigenvalue weighted by atomic mass is 10.1. The summed E-state index contributed by atoms with van der Waals surface area (Å²) in [6.45, 7) is 3.17. The van der Waals surface area contributed by atoms with Gasteiger partial charge in [0.1, 0.15) is 5.71 Å². The van der Waals surface area contributed by atoms with E-state index in [-0.39, 0.29) is 17.8 Å². The van der Waals surface area contributed by atoms with Crippen molar-refractivity contribution in [1.29, 1.82) is 0 Å². The van der Waals surface area contributed by atoms with E-state index in [0.717, 1.165) is 13.1 Å². The molecule has 0 aromatic carbocycles. The predicted molar refractivity (Wildman–Crippen MR) is 53.1 cm³/mol. The lowest BCUT2D eigenvalue weighted by Crippen LogP contribution is -2.21. The number of hydrogen-bond acceptors (Lipinski definition) is 2. The molecule has 15 heavy (non-hydrogen) atoms. The molecule has 0 spiro atoms. The third-order valence-corrected chi connectivity index (χ3v) is 1.80. The summed E-state index contributed by atoms with van der Waals surface area (Å²) in [6.07, 6.45) is -2.83. The number of nitrogens with zero attached hydrogens (tertiary/aromatic N) is 1. The van der Waals surface area contributed by atoms with E-state index >= 15 is 0 Å². The number of alkyl halides is 3. The largest absolute Gasteiger partial charge is 0.432 e. The molecule has 0 aliphatic rings. The van der Waals surface area contributed by atoms with Gasteiger partial charge in [0.15, 0.2) is 5.78 Å². The quantitative estimate of drug-likeness (QED) is 0.530. The van der Waals surface area contributed by atoms with Crippen molar-refractivity contribution in [3.8, 4) is 0 Å². The molecule has 0 heterocycles. The van der Waals surface area contributed by atoms with Crippen LogP contribution in [0.1, 0.15) is 26.7 Å². The highest BCUT2D eigenvalue weighted by atomic mass is 19.4. The molecule has 0 aliphatic carbocycles. The molecule has 0 saturated heterocycles. The Morgan fingerprint density at radius 1 is 1.40 bits per heavy atom. The minimum atomic E-state index is -4.50. The molecule has 0 aromatic heterocycles. The maximum absolute atomic E-state index is 12.2. The second-order valence-electron chi connectivity index (χ2n) is 3.11. The van der Waals surface area contributed by atoms with Gasteiger partial charge in [-0.15, -0.1) is 0 Å². The average Bonchev–Trinajstić information content (AvgIpc) is 2.12. The summed E-state index contributed by atoms with van der Waals surface area (Å²) < 4.78 is 36.7. The van der Waals surface area contributed by atoms with E-state index in [0.29, 0.717) is 6.42 Å². The zero-order chi connectivity index (χ0) is 12.1. The Morgan fingerprint density at radius 2 is 1.93 bits per heavy atom. The second-order valence-corrected chi connectivity index (χ2v) is 3.11. The van der Waals surface area contributed by atoms with Crippen LogP contribution in [0.25, 0.3) is 0 Å². The number of carbonyl (C=O) groups is 1. The Kier molecular flexibility index (Phi) is 5.25. The van der Waals surface area contributed by atoms with Crippen LogP contribution in [0.5, 0.6) is 0 Å². The topological polar surface area (TPSA) is 29.4 Å². The standard InChI is InChI=1S/C10H14F3NO/c1-4-5-8(15)7(2)6-9(14-3)10(11,12)13/h6H,4-5H2,1-3H3/b7-6+,14-9?. The Hall–Kier alpha value is -1.13. The Bertz CT molecular complexity index is 290. The van der Waals surface area contributed by atoms with E-state index in [1.807, 2.05) is 0 Å². The van der Waals surface area contributed by atoms with Crippen LogP contribution in [0.4, 0.5) is 13.2 Å². The minimum Gasteiger partial charge on any atom is -0.295 e. The van der Waals surface area contributed by atoms with Crippen LogP contribution < -0.4 is 0 Å². The first-order valence-corrected chi connectivity index (χ1v) is 4.58. The zero-order valence-electron chi connectivity index (χ0n) is 8.98. The highest BCUT2D eigenvalue weighted by molar-refractivity contribution is 6.06. The molecular formula is C10H14F3NO. The summed E-state index contributed by atoms with van der Waals surface area (Å²) in [4.78, 5) is 14.3. The minimum absolute atomic E-state index is 0.0924. The first kappa shape index (κ1) is 13.9. The second kappa shape index (κ2) is 5.68. The number of carbonyl (C=O) groups excluding carboxylic acids is 1. The molecule has 0 rings (SSSR count). The molecule has 0 aromatic rings. The van der Waals surface area contributed by atoms with Crippen LogP contribution in [0.3, 0.4) is 0 Å². The van der Waals surface area contributed by atoms with Crippen molar-refractivity contribution < 1.29 is 18.0 Å². The van der Waals surface area contributed by atoms with E-state index in [1.54, 1.807) is 6.92 Å². The zero-order valence-corrected chi connectivity index (χ0v) is 8.98. The van der Waals surface area contributed by atoms with Gasteiger partial charge in [-0.2, -0.15) is 13.2 Å². The highest BCUT2D eigenvalue weighted by Gasteiger charge is 2.33. The number of hydrogen-bond donors (Lipinski definition) is 0. The van der Waals surface area contributed by atoms with Crippen molar-refractivity contribution in [1.82, 2.24) is 0 Å². The molecule has 0 saturated carbocycles. The number of Topliss-reactive ketones (excluding diaryl/α,β-unsaturated/α-hetero) is 1. The van der Waals surface area contributed by atoms with Gasteiger partial charge < -0.3 is 0 Å². The summed E-state index contributed by atoms with van der Waals surface area (Å²) in [6, 6.07) is 0. The van der Waals surface area contributed by atoms with E-state index in [9.17, 15) is 18.0 Å². The van der Waals surface area contributed by atoms with Crippen LogP contribution >= 0.6 is 0 Å². The van der Waals surface area contributed by atoms with Crippen molar-refractivity contribution in [2.45, 2.75) is 32.9 Å². The molecule has 0 N–H and O–H groups in total. The van der Waals surface area contributed by atoms with Gasteiger partial charge in [0.2, 0.25) is 0 Å². The number of aliphatic imine (C=N–C) groups is 1. The molecule has 0 atom stereocenters. The molecular weight excluding hydrogens is 207 g/mol. The predicted octanol–water partition coefficient (Wildman–Crippen LogP) is 2.94. The lowest BCUT2D eigenvalue weighted by Gasteiger charge is -2.06. The van der Waals surface area contributed by atoms with Crippen LogP contribution in [-0.4, -0.2) is 24.7 Å². The fourth-order valence-corrected chi connectivity index (χ4v) is 0.983. The molecule has 0 aliphatic heterocycles. The van der Waals surface area contributed by atoms with Crippen LogP contribution in [-0.2, 0) is 4.79 Å². The summed E-state index contributed by atoms with van der Waals surface area (Å²) >= 11 is 0. The van der Waals surface area contributed by atoms with Gasteiger partial charge in [-0.25, -0.2) is 0 Å². The van der Waals surface area contributed by atoms with E-state index in [4.69, 9.17) is 0 Å². The molecule has 0 radical (unpaired) electrons. The third kappa shape index (κ3) is 4.76. The van der Waals surface area contributed by atoms with E-state index < -0.39 is 11.9 Å². The summed E-state index contributed by atoms with van der Waals surface area (Å²) in [7, 11) is 1.05. The first-order valence-electron chi connectivity index (χ1n) is 4.58. The molecule has 86 valence electrons. The van der Waals surface area contributed by atoms with Gasteiger partial charge in [0.05, 0.1) is 0 Å². The van der Waals surface area contributed by atoms with E-state index in [1.165, 1.54) is 6.92 Å². The van der Waals surface area contributed by atoms with Gasteiger partial charge in [-0.1, -0.05) is 6.92 Å². The van der Waals surface area contributed by atoms with Crippen molar-refractivity contribution in [2.24, 2.45) is 4.99 Å². The van der Waals surface area contributed by atoms with Gasteiger partial charge in [-0.05, 0) is 25.0 Å². The lowest BCUT2D eigenvalue weighted by molar-refractivity contribution is -0.115. The van der Waals surface area contributed by atoms with E-state index in [2.05, 4.69) is 4.99 Å². The maximum atomic E-state index is 12.2. The van der Waals surface area contributed by atoms with Gasteiger partial charge in [-0.3, -0.25) is 9.79 Å². The number of halogens is 3. The van der Waals surface area contributed by atoms with Crippen molar-refractivity contribution in [3.05, 3.63) is 11.6 Å². The Balaban J connectivity index is 4.81. The Labute approximate surface area is 86.9 Å². The maximum Gasteiger partial charge on any atom is 0.432 e. The van der Waals surface area contributed by atoms with Crippen LogP contribution in [0.15, 0.2) is 16.6 Å². The molecule has 0 bridgehead atoms. The summed E-state index contributed by atoms with van der Waals surface area (Å²) in [5.74, 6) is -0.275. The van der Waals surface area contributed by atoms with Crippen molar-refractivity contribution >= 4 is 11.5 Å². The molecule has 0 unspecified atom stereocenters. The normalized spacial score (nSPS) is 14.3.